The van der Waals surface area contributed by atoms with Crippen LogP contribution in [0.3, 0.4) is 0 Å². The summed E-state index contributed by atoms with van der Waals surface area (Å²) in [6.45, 7) is 4.24. The van der Waals surface area contributed by atoms with Gasteiger partial charge < -0.3 is 5.32 Å². The van der Waals surface area contributed by atoms with Crippen molar-refractivity contribution in [3.63, 3.8) is 0 Å². The van der Waals surface area contributed by atoms with Gasteiger partial charge in [-0.3, -0.25) is 0 Å². The van der Waals surface area contributed by atoms with Gasteiger partial charge in [0.25, 0.3) is 0 Å². The molecule has 1 aromatic heterocycles. The molecule has 3 nitrogen and oxygen atoms in total. The molecule has 176 valence electrons. The molecule has 1 heterocycles. The van der Waals surface area contributed by atoms with Crippen molar-refractivity contribution < 1.29 is 0 Å². The van der Waals surface area contributed by atoms with E-state index in [2.05, 4.69) is 71.2 Å². The van der Waals surface area contributed by atoms with Crippen LogP contribution in [0.2, 0.25) is 0 Å². The molecule has 0 aliphatic heterocycles. The molecule has 0 radical (unpaired) electrons. The fourth-order valence-corrected chi connectivity index (χ4v) is 4.65. The third-order valence-corrected chi connectivity index (χ3v) is 6.75. The Bertz CT molecular complexity index is 1140. The lowest BCUT2D eigenvalue weighted by atomic mass is 9.97. The molecule has 1 N–H and O–H groups in total. The molecule has 0 amide bonds. The smallest absolute Gasteiger partial charge is 0.107 e. The highest BCUT2D eigenvalue weighted by atomic mass is 35.5. The van der Waals surface area contributed by atoms with Crippen LogP contribution in [0.15, 0.2) is 89.7 Å². The van der Waals surface area contributed by atoms with Gasteiger partial charge in [-0.15, -0.1) is 0 Å². The van der Waals surface area contributed by atoms with Gasteiger partial charge in [-0.2, -0.15) is 5.10 Å². The van der Waals surface area contributed by atoms with Crippen LogP contribution in [0.5, 0.6) is 0 Å². The quantitative estimate of drug-likeness (QED) is 0.288. The topological polar surface area (TPSA) is 29.9 Å². The Hall–Kier alpha value is -2.84. The number of hydrogen-bond donors (Lipinski definition) is 1. The zero-order valence-electron chi connectivity index (χ0n) is 20.0. The Balaban J connectivity index is 1.50. The molecule has 0 saturated carbocycles. The molecular weight excluding hydrogens is 438 g/mol. The van der Waals surface area contributed by atoms with Crippen molar-refractivity contribution in [2.75, 3.05) is 13.1 Å². The summed E-state index contributed by atoms with van der Waals surface area (Å²) in [6.07, 6.45) is 20.5. The number of rotatable bonds is 10. The second kappa shape index (κ2) is 12.6. The molecule has 1 aromatic carbocycles. The van der Waals surface area contributed by atoms with Crippen LogP contribution in [-0.4, -0.2) is 22.9 Å². The average molecular weight is 472 g/mol. The molecule has 2 aliphatic rings. The van der Waals surface area contributed by atoms with E-state index in [-0.39, 0.29) is 0 Å². The van der Waals surface area contributed by atoms with Crippen molar-refractivity contribution in [2.45, 2.75) is 51.4 Å². The third-order valence-electron chi connectivity index (χ3n) is 6.43. The van der Waals surface area contributed by atoms with E-state index in [0.29, 0.717) is 5.92 Å². The first-order valence-corrected chi connectivity index (χ1v) is 12.8. The summed E-state index contributed by atoms with van der Waals surface area (Å²) in [5.74, 6) is 0.409. The Morgan fingerprint density at radius 1 is 1.09 bits per heavy atom. The molecule has 2 aliphatic carbocycles. The maximum Gasteiger partial charge on any atom is 0.107 e. The van der Waals surface area contributed by atoms with E-state index in [1.165, 1.54) is 11.1 Å². The molecule has 4 rings (SSSR count). The summed E-state index contributed by atoms with van der Waals surface area (Å²) in [4.78, 5) is 0. The van der Waals surface area contributed by atoms with E-state index < -0.39 is 0 Å². The van der Waals surface area contributed by atoms with Crippen LogP contribution in [0, 0.1) is 0 Å². The van der Waals surface area contributed by atoms with E-state index in [1.807, 2.05) is 30.4 Å². The predicted octanol–water partition coefficient (Wildman–Crippen LogP) is 7.41. The molecular formula is C30H34ClN3. The minimum atomic E-state index is 0.409. The number of benzene rings is 1. The summed E-state index contributed by atoms with van der Waals surface area (Å²) in [6, 6.07) is 12.9. The van der Waals surface area contributed by atoms with Gasteiger partial charge in [0.2, 0.25) is 0 Å². The lowest BCUT2D eigenvalue weighted by molar-refractivity contribution is 0.543. The minimum Gasteiger partial charge on any atom is -0.316 e. The zero-order valence-corrected chi connectivity index (χ0v) is 20.8. The van der Waals surface area contributed by atoms with Crippen molar-refractivity contribution >= 4 is 22.9 Å². The molecule has 1 atom stereocenters. The first-order chi connectivity index (χ1) is 16.7. The lowest BCUT2D eigenvalue weighted by Crippen LogP contribution is -2.20. The van der Waals surface area contributed by atoms with E-state index in [9.17, 15) is 0 Å². The highest BCUT2D eigenvalue weighted by Gasteiger charge is 2.20. The van der Waals surface area contributed by atoms with Crippen LogP contribution >= 0.6 is 11.6 Å². The number of halogens is 1. The van der Waals surface area contributed by atoms with Crippen LogP contribution in [-0.2, 0) is 6.42 Å². The van der Waals surface area contributed by atoms with Crippen LogP contribution < -0.4 is 5.32 Å². The highest BCUT2D eigenvalue weighted by molar-refractivity contribution is 6.29. The van der Waals surface area contributed by atoms with E-state index in [1.54, 1.807) is 0 Å². The number of aromatic nitrogens is 2. The van der Waals surface area contributed by atoms with Gasteiger partial charge in [-0.05, 0) is 87.0 Å². The molecule has 0 saturated heterocycles. The monoisotopic (exact) mass is 471 g/mol. The largest absolute Gasteiger partial charge is 0.316 e. The van der Waals surface area contributed by atoms with E-state index >= 15 is 0 Å². The first-order valence-electron chi connectivity index (χ1n) is 12.4. The van der Waals surface area contributed by atoms with Gasteiger partial charge in [0, 0.05) is 11.0 Å². The van der Waals surface area contributed by atoms with E-state index in [4.69, 9.17) is 16.7 Å². The molecule has 4 heteroatoms. The van der Waals surface area contributed by atoms with Gasteiger partial charge in [0.05, 0.1) is 11.4 Å². The Morgan fingerprint density at radius 2 is 1.97 bits per heavy atom. The summed E-state index contributed by atoms with van der Waals surface area (Å²) < 4.78 is 2.07. The van der Waals surface area contributed by atoms with Gasteiger partial charge in [-0.1, -0.05) is 78.9 Å². The van der Waals surface area contributed by atoms with Crippen molar-refractivity contribution in [1.82, 2.24) is 15.1 Å². The number of nitrogens with zero attached hydrogens (tertiary/aromatic N) is 2. The van der Waals surface area contributed by atoms with Crippen LogP contribution in [0.25, 0.3) is 11.3 Å². The van der Waals surface area contributed by atoms with Crippen molar-refractivity contribution in [2.24, 2.45) is 0 Å². The van der Waals surface area contributed by atoms with Gasteiger partial charge >= 0.3 is 0 Å². The summed E-state index contributed by atoms with van der Waals surface area (Å²) in [5, 5.41) is 9.66. The Morgan fingerprint density at radius 3 is 2.82 bits per heavy atom. The normalized spacial score (nSPS) is 16.5. The Kier molecular flexibility index (Phi) is 8.98. The number of nitrogens with one attached hydrogen (secondary N) is 1. The molecule has 0 spiro atoms. The van der Waals surface area contributed by atoms with E-state index in [0.717, 1.165) is 73.7 Å². The maximum atomic E-state index is 6.33. The number of allylic oxidation sites excluding steroid dienone is 9. The van der Waals surface area contributed by atoms with Crippen LogP contribution in [0.1, 0.15) is 61.9 Å². The minimum absolute atomic E-state index is 0.409. The van der Waals surface area contributed by atoms with Gasteiger partial charge in [-0.25, -0.2) is 4.68 Å². The molecule has 0 fully saturated rings. The summed E-state index contributed by atoms with van der Waals surface area (Å²) in [7, 11) is 0. The predicted molar refractivity (Wildman–Crippen MR) is 145 cm³/mol. The SMILES string of the molecule is CCC(CCNCCc1ccccc1)c1cc(C2=CC=C(Cl)CCC2)n(C2=C=CC=CC=C2)n1. The Labute approximate surface area is 208 Å². The molecule has 0 bridgehead atoms. The van der Waals surface area contributed by atoms with Gasteiger partial charge in [0.15, 0.2) is 0 Å². The highest BCUT2D eigenvalue weighted by Crippen LogP contribution is 2.32. The summed E-state index contributed by atoms with van der Waals surface area (Å²) in [5.41, 5.74) is 9.31. The molecule has 34 heavy (non-hydrogen) atoms. The first kappa shape index (κ1) is 24.3. The second-order valence-electron chi connectivity index (χ2n) is 8.84. The fourth-order valence-electron chi connectivity index (χ4n) is 4.45. The third kappa shape index (κ3) is 6.61. The van der Waals surface area contributed by atoms with Crippen LogP contribution in [0.4, 0.5) is 0 Å². The van der Waals surface area contributed by atoms with Crippen molar-refractivity contribution in [1.29, 1.82) is 0 Å². The average Bonchev–Trinajstić information content (AvgIpc) is 3.01. The maximum absolute atomic E-state index is 6.33. The second-order valence-corrected chi connectivity index (χ2v) is 9.33. The fraction of sp³-hybridized carbons (Fsp3) is 0.333. The van der Waals surface area contributed by atoms with Crippen molar-refractivity contribution in [3.05, 3.63) is 107 Å². The summed E-state index contributed by atoms with van der Waals surface area (Å²) >= 11 is 6.33. The molecule has 2 aromatic rings. The number of hydrogen-bond acceptors (Lipinski definition) is 2. The zero-order chi connectivity index (χ0) is 23.6. The standard InChI is InChI=1S/C30H34ClN3/c1-2-25(20-22-32-21-19-24-11-6-5-7-12-24)29-23-30(26-13-10-14-27(31)18-17-26)34(33-29)28-15-8-3-4-9-16-28/h3-9,11-12,15,17-18,23,25,32H,2,10,13-14,19-22H2,1H3. The lowest BCUT2D eigenvalue weighted by Gasteiger charge is -2.13. The van der Waals surface area contributed by atoms with Gasteiger partial charge in [0.1, 0.15) is 5.70 Å². The molecule has 1 unspecified atom stereocenters. The van der Waals surface area contributed by atoms with Crippen molar-refractivity contribution in [3.8, 4) is 0 Å².